The van der Waals surface area contributed by atoms with Gasteiger partial charge in [0.2, 0.25) is 0 Å². The van der Waals surface area contributed by atoms with Crippen molar-refractivity contribution in [3.63, 3.8) is 0 Å². The van der Waals surface area contributed by atoms with Gasteiger partial charge in [0, 0.05) is 6.54 Å². The average Bonchev–Trinajstić information content (AvgIpc) is 2.49. The Kier molecular flexibility index (Phi) is 5.85. The first-order valence-corrected chi connectivity index (χ1v) is 8.83. The fraction of sp³-hybridized carbons (Fsp3) is 0.750. The van der Waals surface area contributed by atoms with Crippen molar-refractivity contribution in [2.75, 3.05) is 11.9 Å². The maximum Gasteiger partial charge on any atom is 0.283 e. The van der Waals surface area contributed by atoms with Crippen LogP contribution in [0.25, 0.3) is 0 Å². The van der Waals surface area contributed by atoms with Crippen LogP contribution < -0.4 is 10.9 Å². The number of hydrogen-bond acceptors (Lipinski definition) is 3. The van der Waals surface area contributed by atoms with Crippen LogP contribution in [0.5, 0.6) is 0 Å². The lowest BCUT2D eigenvalue weighted by atomic mass is 9.81. The van der Waals surface area contributed by atoms with Gasteiger partial charge in [-0.2, -0.15) is 5.10 Å². The monoisotopic (exact) mass is 355 g/mol. The third-order valence-corrected chi connectivity index (χ3v) is 5.32. The van der Waals surface area contributed by atoms with Gasteiger partial charge in [0.1, 0.15) is 4.47 Å². The molecule has 1 fully saturated rings. The van der Waals surface area contributed by atoms with Crippen LogP contribution in [0.1, 0.15) is 58.9 Å². The number of anilines is 1. The molecule has 0 spiro atoms. The summed E-state index contributed by atoms with van der Waals surface area (Å²) in [6, 6.07) is 0.0761. The molecule has 21 heavy (non-hydrogen) atoms. The minimum absolute atomic E-state index is 0.0651. The Morgan fingerprint density at radius 2 is 1.95 bits per heavy atom. The first-order chi connectivity index (χ1) is 10.0. The largest absolute Gasteiger partial charge is 0.382 e. The van der Waals surface area contributed by atoms with Crippen LogP contribution in [0, 0.1) is 11.8 Å². The van der Waals surface area contributed by atoms with E-state index >= 15 is 0 Å². The molecule has 5 heteroatoms. The number of aromatic nitrogens is 2. The number of nitrogens with one attached hydrogen (secondary N) is 1. The van der Waals surface area contributed by atoms with Crippen molar-refractivity contribution in [1.82, 2.24) is 9.78 Å². The molecule has 1 aliphatic carbocycles. The lowest BCUT2D eigenvalue weighted by Gasteiger charge is -2.28. The summed E-state index contributed by atoms with van der Waals surface area (Å²) in [5.41, 5.74) is 0.749. The van der Waals surface area contributed by atoms with E-state index in [0.29, 0.717) is 10.4 Å². The van der Waals surface area contributed by atoms with E-state index in [1.54, 1.807) is 6.20 Å². The van der Waals surface area contributed by atoms with Crippen molar-refractivity contribution in [2.45, 2.75) is 58.9 Å². The molecule has 0 saturated heterocycles. The van der Waals surface area contributed by atoms with Gasteiger partial charge in [0.05, 0.1) is 17.9 Å². The Morgan fingerprint density at radius 3 is 2.52 bits per heavy atom. The Hall–Kier alpha value is -0.840. The van der Waals surface area contributed by atoms with Crippen molar-refractivity contribution in [3.05, 3.63) is 21.0 Å². The highest BCUT2D eigenvalue weighted by molar-refractivity contribution is 9.10. The standard InChI is InChI=1S/C16H26BrN3O/c1-4-12-5-7-13(8-6-12)9-18-14-10-19-20(11(2)3)16(21)15(14)17/h10-13,18H,4-9H2,1-3H3. The Labute approximate surface area is 135 Å². The predicted molar refractivity (Wildman–Crippen MR) is 90.8 cm³/mol. The first-order valence-electron chi connectivity index (χ1n) is 8.04. The first kappa shape index (κ1) is 16.5. The Balaban J connectivity index is 1.95. The van der Waals surface area contributed by atoms with E-state index in [1.807, 2.05) is 13.8 Å². The Morgan fingerprint density at radius 1 is 1.33 bits per heavy atom. The molecule has 1 aromatic rings. The summed E-state index contributed by atoms with van der Waals surface area (Å²) in [4.78, 5) is 12.2. The lowest BCUT2D eigenvalue weighted by molar-refractivity contribution is 0.278. The van der Waals surface area contributed by atoms with Crippen molar-refractivity contribution in [3.8, 4) is 0 Å². The summed E-state index contributed by atoms with van der Waals surface area (Å²) < 4.78 is 2.09. The number of halogens is 1. The fourth-order valence-electron chi connectivity index (χ4n) is 3.03. The zero-order chi connectivity index (χ0) is 15.4. The van der Waals surface area contributed by atoms with E-state index in [0.717, 1.165) is 18.2 Å². The molecule has 2 rings (SSSR count). The van der Waals surface area contributed by atoms with Crippen LogP contribution in [0.4, 0.5) is 5.69 Å². The maximum atomic E-state index is 12.2. The summed E-state index contributed by atoms with van der Waals surface area (Å²) in [6.07, 6.45) is 8.33. The summed E-state index contributed by atoms with van der Waals surface area (Å²) in [5.74, 6) is 1.64. The van der Waals surface area contributed by atoms with E-state index in [1.165, 1.54) is 36.8 Å². The minimum Gasteiger partial charge on any atom is -0.382 e. The van der Waals surface area contributed by atoms with E-state index in [4.69, 9.17) is 0 Å². The summed E-state index contributed by atoms with van der Waals surface area (Å²) in [5, 5.41) is 7.64. The second kappa shape index (κ2) is 7.43. The number of hydrogen-bond donors (Lipinski definition) is 1. The summed E-state index contributed by atoms with van der Waals surface area (Å²) >= 11 is 3.41. The molecule has 118 valence electrons. The van der Waals surface area contributed by atoms with Crippen LogP contribution in [-0.4, -0.2) is 16.3 Å². The van der Waals surface area contributed by atoms with Gasteiger partial charge >= 0.3 is 0 Å². The molecular formula is C16H26BrN3O. The second-order valence-electron chi connectivity index (χ2n) is 6.39. The molecule has 0 bridgehead atoms. The normalized spacial score (nSPS) is 22.5. The molecule has 1 saturated carbocycles. The highest BCUT2D eigenvalue weighted by Gasteiger charge is 2.20. The van der Waals surface area contributed by atoms with Crippen molar-refractivity contribution in [2.24, 2.45) is 11.8 Å². The van der Waals surface area contributed by atoms with Crippen molar-refractivity contribution < 1.29 is 0 Å². The third-order valence-electron chi connectivity index (χ3n) is 4.56. The van der Waals surface area contributed by atoms with E-state index < -0.39 is 0 Å². The van der Waals surface area contributed by atoms with E-state index in [2.05, 4.69) is 33.3 Å². The molecule has 4 nitrogen and oxygen atoms in total. The maximum absolute atomic E-state index is 12.2. The SMILES string of the molecule is CCC1CCC(CNc2cnn(C(C)C)c(=O)c2Br)CC1. The predicted octanol–water partition coefficient (Wildman–Crippen LogP) is 4.22. The fourth-order valence-corrected chi connectivity index (χ4v) is 3.46. The van der Waals surface area contributed by atoms with Gasteiger partial charge in [-0.15, -0.1) is 0 Å². The summed E-state index contributed by atoms with van der Waals surface area (Å²) in [6.45, 7) is 7.14. The molecule has 0 atom stereocenters. The molecule has 1 aliphatic rings. The highest BCUT2D eigenvalue weighted by atomic mass is 79.9. The van der Waals surface area contributed by atoms with Crippen LogP contribution in [-0.2, 0) is 0 Å². The van der Waals surface area contributed by atoms with Gasteiger partial charge in [-0.3, -0.25) is 4.79 Å². The van der Waals surface area contributed by atoms with Gasteiger partial charge in [-0.25, -0.2) is 4.68 Å². The molecule has 0 aliphatic heterocycles. The minimum atomic E-state index is -0.0651. The zero-order valence-electron chi connectivity index (χ0n) is 13.2. The molecule has 0 unspecified atom stereocenters. The molecule has 0 aromatic carbocycles. The van der Waals surface area contributed by atoms with Gasteiger partial charge in [-0.05, 0) is 54.5 Å². The van der Waals surface area contributed by atoms with E-state index in [9.17, 15) is 4.79 Å². The molecule has 0 radical (unpaired) electrons. The average molecular weight is 356 g/mol. The van der Waals surface area contributed by atoms with Crippen LogP contribution in [0.2, 0.25) is 0 Å². The smallest absolute Gasteiger partial charge is 0.283 e. The molecule has 0 amide bonds. The summed E-state index contributed by atoms with van der Waals surface area (Å²) in [7, 11) is 0. The van der Waals surface area contributed by atoms with Crippen LogP contribution >= 0.6 is 15.9 Å². The molecule has 1 N–H and O–H groups in total. The highest BCUT2D eigenvalue weighted by Crippen LogP contribution is 2.31. The third kappa shape index (κ3) is 4.09. The molecular weight excluding hydrogens is 330 g/mol. The second-order valence-corrected chi connectivity index (χ2v) is 7.18. The van der Waals surface area contributed by atoms with Crippen LogP contribution in [0.3, 0.4) is 0 Å². The van der Waals surface area contributed by atoms with Crippen molar-refractivity contribution in [1.29, 1.82) is 0 Å². The topological polar surface area (TPSA) is 46.9 Å². The zero-order valence-corrected chi connectivity index (χ0v) is 14.8. The molecule has 1 aromatic heterocycles. The molecule has 1 heterocycles. The van der Waals surface area contributed by atoms with Crippen LogP contribution in [0.15, 0.2) is 15.5 Å². The quantitative estimate of drug-likeness (QED) is 0.860. The van der Waals surface area contributed by atoms with Gasteiger partial charge in [0.25, 0.3) is 5.56 Å². The van der Waals surface area contributed by atoms with Gasteiger partial charge in [-0.1, -0.05) is 26.2 Å². The number of nitrogens with zero attached hydrogens (tertiary/aromatic N) is 2. The van der Waals surface area contributed by atoms with Gasteiger partial charge < -0.3 is 5.32 Å². The van der Waals surface area contributed by atoms with Gasteiger partial charge in [0.15, 0.2) is 0 Å². The Bertz CT molecular complexity index is 519. The lowest BCUT2D eigenvalue weighted by Crippen LogP contribution is -2.27. The number of rotatable bonds is 5. The van der Waals surface area contributed by atoms with Crippen molar-refractivity contribution >= 4 is 21.6 Å². The van der Waals surface area contributed by atoms with E-state index in [-0.39, 0.29) is 11.6 Å².